The van der Waals surface area contributed by atoms with Crippen molar-refractivity contribution in [2.24, 2.45) is 10.8 Å². The van der Waals surface area contributed by atoms with Gasteiger partial charge in [0.15, 0.2) is 0 Å². The lowest BCUT2D eigenvalue weighted by Crippen LogP contribution is -2.36. The summed E-state index contributed by atoms with van der Waals surface area (Å²) in [6, 6.07) is 0. The molecule has 0 aliphatic heterocycles. The molecule has 0 aromatic heterocycles. The molecule has 0 radical (unpaired) electrons. The molecule has 0 amide bonds. The van der Waals surface area contributed by atoms with E-state index in [9.17, 15) is 0 Å². The molecule has 0 rings (SSSR count). The number of hydrazine groups is 2. The van der Waals surface area contributed by atoms with Crippen LogP contribution < -0.4 is 16.8 Å². The van der Waals surface area contributed by atoms with Crippen molar-refractivity contribution in [3.05, 3.63) is 0 Å². The maximum absolute atomic E-state index is 4.86. The van der Waals surface area contributed by atoms with Crippen LogP contribution in [0.3, 0.4) is 0 Å². The van der Waals surface area contributed by atoms with Gasteiger partial charge in [0.2, 0.25) is 0 Å². The molecule has 0 unspecified atom stereocenters. The molecule has 0 aromatic carbocycles. The summed E-state index contributed by atoms with van der Waals surface area (Å²) in [5.41, 5.74) is 4.75. The van der Waals surface area contributed by atoms with E-state index in [-0.39, 0.29) is 0 Å². The predicted molar refractivity (Wildman–Crippen MR) is 34.1 cm³/mol. The van der Waals surface area contributed by atoms with Crippen LogP contribution in [0.5, 0.6) is 0 Å². The van der Waals surface area contributed by atoms with Gasteiger partial charge in [0.25, 0.3) is 0 Å². The Hall–Kier alpha value is -0.610. The lowest BCUT2D eigenvalue weighted by Gasteiger charge is -1.91. The second-order valence-corrected chi connectivity index (χ2v) is 1.32. The number of aliphatic imine (C=N–C) groups is 1. The molecule has 4 heteroatoms. The zero-order valence-electron chi connectivity index (χ0n) is 5.02. The van der Waals surface area contributed by atoms with Gasteiger partial charge in [-0.3, -0.25) is 16.3 Å². The average Bonchev–Trinajstić information content (AvgIpc) is 1.81. The Bertz CT molecular complexity index is 53.1. The summed E-state index contributed by atoms with van der Waals surface area (Å²) in [4.78, 5) is 3.90. The van der Waals surface area contributed by atoms with E-state index in [0.29, 0.717) is 0 Å². The molecule has 0 heterocycles. The molecule has 0 aliphatic carbocycles. The topological polar surface area (TPSA) is 62.4 Å². The van der Waals surface area contributed by atoms with Gasteiger partial charge in [-0.2, -0.15) is 5.53 Å². The van der Waals surface area contributed by atoms with Crippen molar-refractivity contribution in [3.8, 4) is 0 Å². The Kier molecular flexibility index (Phi) is 5.90. The highest BCUT2D eigenvalue weighted by molar-refractivity contribution is 5.53. The SMILES string of the molecule is CCCN=CNNN. The second-order valence-electron chi connectivity index (χ2n) is 1.32. The van der Waals surface area contributed by atoms with Gasteiger partial charge in [0.1, 0.15) is 0 Å². The lowest BCUT2D eigenvalue weighted by atomic mass is 10.5. The van der Waals surface area contributed by atoms with Gasteiger partial charge in [-0.1, -0.05) is 6.92 Å². The van der Waals surface area contributed by atoms with Gasteiger partial charge in [-0.25, -0.2) is 0 Å². The fourth-order valence-corrected chi connectivity index (χ4v) is 0.277. The lowest BCUT2D eigenvalue weighted by molar-refractivity contribution is 0.703. The van der Waals surface area contributed by atoms with Gasteiger partial charge in [0.05, 0.1) is 6.34 Å². The zero-order chi connectivity index (χ0) is 6.24. The van der Waals surface area contributed by atoms with Crippen molar-refractivity contribution >= 4 is 6.34 Å². The first-order valence-electron chi connectivity index (χ1n) is 2.61. The molecule has 4 N–H and O–H groups in total. The second kappa shape index (κ2) is 6.39. The molecule has 8 heavy (non-hydrogen) atoms. The van der Waals surface area contributed by atoms with Crippen LogP contribution in [0, 0.1) is 0 Å². The maximum atomic E-state index is 4.86. The first-order valence-corrected chi connectivity index (χ1v) is 2.61. The number of nitrogens with one attached hydrogen (secondary N) is 2. The van der Waals surface area contributed by atoms with Crippen LogP contribution in [0.25, 0.3) is 0 Å². The van der Waals surface area contributed by atoms with Crippen LogP contribution in [0.2, 0.25) is 0 Å². The quantitative estimate of drug-likeness (QED) is 0.199. The molecule has 0 saturated carbocycles. The molecule has 4 nitrogen and oxygen atoms in total. The van der Waals surface area contributed by atoms with Crippen molar-refractivity contribution in [2.75, 3.05) is 6.54 Å². The van der Waals surface area contributed by atoms with E-state index < -0.39 is 0 Å². The standard InChI is InChI=1S/C4H12N4/c1-2-3-6-4-7-8-5/h4,8H,2-3,5H2,1H3,(H,6,7). The number of rotatable bonds is 4. The first-order chi connectivity index (χ1) is 3.91. The first kappa shape index (κ1) is 7.39. The van der Waals surface area contributed by atoms with Crippen LogP contribution in [-0.2, 0) is 0 Å². The molecular weight excluding hydrogens is 104 g/mol. The molecule has 0 bridgehead atoms. The third kappa shape index (κ3) is 5.39. The Morgan fingerprint density at radius 3 is 3.00 bits per heavy atom. The number of nitrogens with two attached hydrogens (primary N) is 1. The summed E-state index contributed by atoms with van der Waals surface area (Å²) < 4.78 is 0. The summed E-state index contributed by atoms with van der Waals surface area (Å²) in [7, 11) is 0. The summed E-state index contributed by atoms with van der Waals surface area (Å²) in [6.07, 6.45) is 2.59. The molecule has 0 fully saturated rings. The Morgan fingerprint density at radius 1 is 1.75 bits per heavy atom. The van der Waals surface area contributed by atoms with Crippen molar-refractivity contribution < 1.29 is 0 Å². The molecule has 48 valence electrons. The van der Waals surface area contributed by atoms with Gasteiger partial charge in [-0.15, -0.1) is 0 Å². The van der Waals surface area contributed by atoms with E-state index >= 15 is 0 Å². The summed E-state index contributed by atoms with van der Waals surface area (Å²) in [5, 5.41) is 0. The highest BCUT2D eigenvalue weighted by Crippen LogP contribution is 1.71. The Balaban J connectivity index is 2.83. The van der Waals surface area contributed by atoms with Gasteiger partial charge >= 0.3 is 0 Å². The van der Waals surface area contributed by atoms with Crippen LogP contribution in [0.15, 0.2) is 4.99 Å². The number of hydrogen-bond acceptors (Lipinski definition) is 3. The number of hydrogen-bond donors (Lipinski definition) is 3. The fraction of sp³-hybridized carbons (Fsp3) is 0.750. The summed E-state index contributed by atoms with van der Waals surface area (Å²) >= 11 is 0. The monoisotopic (exact) mass is 116 g/mol. The Morgan fingerprint density at radius 2 is 2.50 bits per heavy atom. The van der Waals surface area contributed by atoms with Crippen molar-refractivity contribution in [2.45, 2.75) is 13.3 Å². The van der Waals surface area contributed by atoms with Gasteiger partial charge < -0.3 is 0 Å². The highest BCUT2D eigenvalue weighted by Gasteiger charge is 1.68. The van der Waals surface area contributed by atoms with Crippen LogP contribution in [0.1, 0.15) is 13.3 Å². The molecule has 0 aromatic rings. The highest BCUT2D eigenvalue weighted by atomic mass is 15.5. The average molecular weight is 116 g/mol. The third-order valence-corrected chi connectivity index (χ3v) is 0.592. The summed E-state index contributed by atoms with van der Waals surface area (Å²) in [6.45, 7) is 2.90. The predicted octanol–water partition coefficient (Wildman–Crippen LogP) is -0.607. The third-order valence-electron chi connectivity index (χ3n) is 0.592. The molecule has 0 spiro atoms. The minimum atomic E-state index is 0.842. The van der Waals surface area contributed by atoms with E-state index in [1.807, 2.05) is 0 Å². The Labute approximate surface area is 49.1 Å². The zero-order valence-corrected chi connectivity index (χ0v) is 5.02. The van der Waals surface area contributed by atoms with Crippen molar-refractivity contribution in [1.82, 2.24) is 11.0 Å². The van der Waals surface area contributed by atoms with Gasteiger partial charge in [0, 0.05) is 6.54 Å². The van der Waals surface area contributed by atoms with Crippen molar-refractivity contribution in [3.63, 3.8) is 0 Å². The smallest absolute Gasteiger partial charge is 0.0976 e. The minimum Gasteiger partial charge on any atom is -0.299 e. The van der Waals surface area contributed by atoms with Crippen molar-refractivity contribution in [1.29, 1.82) is 0 Å². The van der Waals surface area contributed by atoms with Crippen LogP contribution in [-0.4, -0.2) is 12.9 Å². The van der Waals surface area contributed by atoms with Crippen LogP contribution in [0.4, 0.5) is 0 Å². The van der Waals surface area contributed by atoms with E-state index in [1.54, 1.807) is 0 Å². The number of nitrogens with zero attached hydrogens (tertiary/aromatic N) is 1. The van der Waals surface area contributed by atoms with E-state index in [0.717, 1.165) is 13.0 Å². The van der Waals surface area contributed by atoms with E-state index in [4.69, 9.17) is 5.84 Å². The van der Waals surface area contributed by atoms with Crippen LogP contribution >= 0.6 is 0 Å². The maximum Gasteiger partial charge on any atom is 0.0976 e. The molecule has 0 atom stereocenters. The van der Waals surface area contributed by atoms with E-state index in [2.05, 4.69) is 22.9 Å². The van der Waals surface area contributed by atoms with Gasteiger partial charge in [-0.05, 0) is 6.42 Å². The van der Waals surface area contributed by atoms with E-state index in [1.165, 1.54) is 6.34 Å². The fourth-order valence-electron chi connectivity index (χ4n) is 0.277. The normalized spacial score (nSPS) is 10.2. The molecule has 0 aliphatic rings. The summed E-state index contributed by atoms with van der Waals surface area (Å²) in [5.74, 6) is 4.86. The molecule has 0 saturated heterocycles. The molecular formula is C4H12N4. The largest absolute Gasteiger partial charge is 0.299 e. The minimum absolute atomic E-state index is 0.842.